The molecule has 0 bridgehead atoms. The summed E-state index contributed by atoms with van der Waals surface area (Å²) in [7, 11) is 0. The van der Waals surface area contributed by atoms with E-state index in [4.69, 9.17) is 15.2 Å². The number of benzene rings is 1. The Labute approximate surface area is 107 Å². The van der Waals surface area contributed by atoms with Crippen LogP contribution in [0.4, 0.5) is 5.69 Å². The molecule has 0 aromatic heterocycles. The molecule has 0 aliphatic carbocycles. The normalized spacial score (nSPS) is 22.9. The van der Waals surface area contributed by atoms with Crippen LogP contribution in [0.5, 0.6) is 11.5 Å². The number of anilines is 1. The van der Waals surface area contributed by atoms with Gasteiger partial charge in [0.1, 0.15) is 12.7 Å². The molecule has 1 saturated heterocycles. The van der Waals surface area contributed by atoms with E-state index in [2.05, 4.69) is 16.3 Å². The van der Waals surface area contributed by atoms with Gasteiger partial charge in [-0.25, -0.2) is 0 Å². The number of hydrogen-bond donors (Lipinski definition) is 2. The summed E-state index contributed by atoms with van der Waals surface area (Å²) in [5, 5.41) is 3.35. The SMILES string of the molecule is NCC1COc2cccc(N3CCNCC3)c2O1. The van der Waals surface area contributed by atoms with Crippen molar-refractivity contribution in [3.63, 3.8) is 0 Å². The predicted molar refractivity (Wildman–Crippen MR) is 70.5 cm³/mol. The second kappa shape index (κ2) is 5.04. The van der Waals surface area contributed by atoms with Crippen molar-refractivity contribution < 1.29 is 9.47 Å². The third-order valence-electron chi connectivity index (χ3n) is 3.39. The van der Waals surface area contributed by atoms with Crippen LogP contribution in [0.25, 0.3) is 0 Å². The minimum atomic E-state index is -0.0402. The number of nitrogens with two attached hydrogens (primary N) is 1. The largest absolute Gasteiger partial charge is 0.486 e. The van der Waals surface area contributed by atoms with Gasteiger partial charge in [-0.3, -0.25) is 0 Å². The minimum absolute atomic E-state index is 0.0402. The Balaban J connectivity index is 1.90. The maximum Gasteiger partial charge on any atom is 0.185 e. The maximum atomic E-state index is 5.95. The van der Waals surface area contributed by atoms with Crippen molar-refractivity contribution in [3.05, 3.63) is 18.2 Å². The van der Waals surface area contributed by atoms with Gasteiger partial charge in [0.15, 0.2) is 11.5 Å². The standard InChI is InChI=1S/C13H19N3O2/c14-8-10-9-17-12-3-1-2-11(13(12)18-10)16-6-4-15-5-7-16/h1-3,10,15H,4-9,14H2. The molecule has 2 heterocycles. The van der Waals surface area contributed by atoms with Gasteiger partial charge in [0, 0.05) is 32.7 Å². The van der Waals surface area contributed by atoms with Crippen molar-refractivity contribution in [2.75, 3.05) is 44.2 Å². The lowest BCUT2D eigenvalue weighted by atomic mass is 10.2. The molecule has 1 aromatic rings. The zero-order valence-electron chi connectivity index (χ0n) is 10.4. The van der Waals surface area contributed by atoms with Gasteiger partial charge in [-0.2, -0.15) is 0 Å². The van der Waals surface area contributed by atoms with Gasteiger partial charge < -0.3 is 25.4 Å². The van der Waals surface area contributed by atoms with Crippen molar-refractivity contribution in [2.45, 2.75) is 6.10 Å². The molecule has 2 aliphatic rings. The Bertz CT molecular complexity index is 419. The first kappa shape index (κ1) is 11.6. The third kappa shape index (κ3) is 2.11. The zero-order valence-corrected chi connectivity index (χ0v) is 10.4. The molecule has 18 heavy (non-hydrogen) atoms. The molecule has 5 heteroatoms. The van der Waals surface area contributed by atoms with E-state index in [9.17, 15) is 0 Å². The number of nitrogens with zero attached hydrogens (tertiary/aromatic N) is 1. The molecule has 1 fully saturated rings. The van der Waals surface area contributed by atoms with Gasteiger partial charge >= 0.3 is 0 Å². The van der Waals surface area contributed by atoms with Crippen LogP contribution in [0.2, 0.25) is 0 Å². The second-order valence-electron chi connectivity index (χ2n) is 4.63. The molecular weight excluding hydrogens is 230 g/mol. The van der Waals surface area contributed by atoms with E-state index in [1.165, 1.54) is 0 Å². The number of nitrogens with one attached hydrogen (secondary N) is 1. The molecule has 0 spiro atoms. The van der Waals surface area contributed by atoms with Crippen LogP contribution >= 0.6 is 0 Å². The van der Waals surface area contributed by atoms with Crippen LogP contribution in [0.1, 0.15) is 0 Å². The first-order chi connectivity index (χ1) is 8.88. The molecule has 98 valence electrons. The van der Waals surface area contributed by atoms with E-state index in [1.54, 1.807) is 0 Å². The number of fused-ring (bicyclic) bond motifs is 1. The molecule has 1 unspecified atom stereocenters. The molecular formula is C13H19N3O2. The van der Waals surface area contributed by atoms with Crippen LogP contribution in [0.15, 0.2) is 18.2 Å². The van der Waals surface area contributed by atoms with Crippen molar-refractivity contribution >= 4 is 5.69 Å². The fraction of sp³-hybridized carbons (Fsp3) is 0.538. The molecule has 2 aliphatic heterocycles. The van der Waals surface area contributed by atoms with Crippen LogP contribution < -0.4 is 25.4 Å². The molecule has 0 radical (unpaired) electrons. The fourth-order valence-corrected chi connectivity index (χ4v) is 2.39. The van der Waals surface area contributed by atoms with Crippen molar-refractivity contribution in [2.24, 2.45) is 5.73 Å². The van der Waals surface area contributed by atoms with Crippen molar-refractivity contribution in [1.29, 1.82) is 0 Å². The number of para-hydroxylation sites is 1. The highest BCUT2D eigenvalue weighted by molar-refractivity contribution is 5.65. The third-order valence-corrected chi connectivity index (χ3v) is 3.39. The quantitative estimate of drug-likeness (QED) is 0.784. The summed E-state index contributed by atoms with van der Waals surface area (Å²) in [5.74, 6) is 1.68. The Morgan fingerprint density at radius 3 is 2.94 bits per heavy atom. The summed E-state index contributed by atoms with van der Waals surface area (Å²) < 4.78 is 11.7. The van der Waals surface area contributed by atoms with Gasteiger partial charge in [-0.05, 0) is 12.1 Å². The summed E-state index contributed by atoms with van der Waals surface area (Å²) >= 11 is 0. The topological polar surface area (TPSA) is 59.8 Å². The van der Waals surface area contributed by atoms with E-state index < -0.39 is 0 Å². The molecule has 5 nitrogen and oxygen atoms in total. The summed E-state index contributed by atoms with van der Waals surface area (Å²) in [6.07, 6.45) is -0.0402. The van der Waals surface area contributed by atoms with Crippen molar-refractivity contribution in [1.82, 2.24) is 5.32 Å². The van der Waals surface area contributed by atoms with Crippen LogP contribution in [-0.4, -0.2) is 45.4 Å². The van der Waals surface area contributed by atoms with E-state index in [0.29, 0.717) is 13.2 Å². The lowest BCUT2D eigenvalue weighted by Crippen LogP contribution is -2.44. The summed E-state index contributed by atoms with van der Waals surface area (Å²) in [5.41, 5.74) is 6.78. The monoisotopic (exact) mass is 249 g/mol. The Hall–Kier alpha value is -1.46. The van der Waals surface area contributed by atoms with Crippen LogP contribution in [-0.2, 0) is 0 Å². The van der Waals surface area contributed by atoms with Gasteiger partial charge in [-0.1, -0.05) is 6.07 Å². The molecule has 0 saturated carbocycles. The zero-order chi connectivity index (χ0) is 12.4. The molecule has 1 aromatic carbocycles. The summed E-state index contributed by atoms with van der Waals surface area (Å²) in [6.45, 7) is 5.01. The van der Waals surface area contributed by atoms with Gasteiger partial charge in [0.2, 0.25) is 0 Å². The highest BCUT2D eigenvalue weighted by atomic mass is 16.6. The minimum Gasteiger partial charge on any atom is -0.486 e. The Kier molecular flexibility index (Phi) is 3.25. The van der Waals surface area contributed by atoms with E-state index in [1.807, 2.05) is 12.1 Å². The number of rotatable bonds is 2. The van der Waals surface area contributed by atoms with Gasteiger partial charge in [0.25, 0.3) is 0 Å². The van der Waals surface area contributed by atoms with E-state index >= 15 is 0 Å². The highest BCUT2D eigenvalue weighted by Crippen LogP contribution is 2.40. The molecule has 0 amide bonds. The molecule has 3 rings (SSSR count). The van der Waals surface area contributed by atoms with E-state index in [0.717, 1.165) is 43.4 Å². The van der Waals surface area contributed by atoms with Crippen LogP contribution in [0, 0.1) is 0 Å². The molecule has 3 N–H and O–H groups in total. The second-order valence-corrected chi connectivity index (χ2v) is 4.63. The lowest BCUT2D eigenvalue weighted by Gasteiger charge is -2.34. The highest BCUT2D eigenvalue weighted by Gasteiger charge is 2.25. The summed E-state index contributed by atoms with van der Waals surface area (Å²) in [4.78, 5) is 2.33. The Morgan fingerprint density at radius 2 is 2.17 bits per heavy atom. The summed E-state index contributed by atoms with van der Waals surface area (Å²) in [6, 6.07) is 6.06. The van der Waals surface area contributed by atoms with Gasteiger partial charge in [-0.15, -0.1) is 0 Å². The number of piperazine rings is 1. The van der Waals surface area contributed by atoms with E-state index in [-0.39, 0.29) is 6.10 Å². The average Bonchev–Trinajstić information content (AvgIpc) is 2.47. The number of ether oxygens (including phenoxy) is 2. The Morgan fingerprint density at radius 1 is 1.33 bits per heavy atom. The average molecular weight is 249 g/mol. The van der Waals surface area contributed by atoms with Gasteiger partial charge in [0.05, 0.1) is 5.69 Å². The predicted octanol–water partition coefficient (Wildman–Crippen LogP) is 0.195. The lowest BCUT2D eigenvalue weighted by molar-refractivity contribution is 0.0973. The smallest absolute Gasteiger partial charge is 0.185 e. The maximum absolute atomic E-state index is 5.95. The first-order valence-corrected chi connectivity index (χ1v) is 6.46. The fourth-order valence-electron chi connectivity index (χ4n) is 2.39. The number of hydrogen-bond acceptors (Lipinski definition) is 5. The van der Waals surface area contributed by atoms with Crippen molar-refractivity contribution in [3.8, 4) is 11.5 Å². The first-order valence-electron chi connectivity index (χ1n) is 6.46. The molecule has 1 atom stereocenters. The van der Waals surface area contributed by atoms with Crippen LogP contribution in [0.3, 0.4) is 0 Å².